The van der Waals surface area contributed by atoms with Gasteiger partial charge in [0, 0.05) is 10.5 Å². The molecular weight excluding hydrogens is 273 g/mol. The molecule has 0 saturated carbocycles. The number of thioether (sulfide) groups is 1. The van der Waals surface area contributed by atoms with Crippen molar-refractivity contribution in [2.24, 2.45) is 0 Å². The summed E-state index contributed by atoms with van der Waals surface area (Å²) < 4.78 is 13.2. The number of amides is 1. The molecule has 0 aliphatic rings. The van der Waals surface area contributed by atoms with E-state index >= 15 is 0 Å². The number of rotatable bonds is 5. The topological polar surface area (TPSA) is 86.6 Å². The lowest BCUT2D eigenvalue weighted by atomic mass is 10.1. The molecule has 1 aromatic rings. The highest BCUT2D eigenvalue weighted by Crippen LogP contribution is 2.20. The summed E-state index contributed by atoms with van der Waals surface area (Å²) in [6.07, 6.45) is 1.68. The van der Waals surface area contributed by atoms with Gasteiger partial charge < -0.3 is 15.5 Å². The first-order chi connectivity index (χ1) is 8.77. The SMILES string of the molecule is CSc1cc(C(=O)NCC(C)(O)C(=O)O)ccc1F. The van der Waals surface area contributed by atoms with Crippen LogP contribution in [0.1, 0.15) is 17.3 Å². The Morgan fingerprint density at radius 3 is 2.63 bits per heavy atom. The van der Waals surface area contributed by atoms with Crippen LogP contribution >= 0.6 is 11.8 Å². The summed E-state index contributed by atoms with van der Waals surface area (Å²) >= 11 is 1.16. The Hall–Kier alpha value is -1.60. The van der Waals surface area contributed by atoms with Crippen LogP contribution in [0.2, 0.25) is 0 Å². The smallest absolute Gasteiger partial charge is 0.337 e. The molecular formula is C12H14FNO4S. The van der Waals surface area contributed by atoms with Crippen LogP contribution in [0, 0.1) is 5.82 Å². The van der Waals surface area contributed by atoms with Crippen molar-refractivity contribution in [2.45, 2.75) is 17.4 Å². The molecule has 0 heterocycles. The van der Waals surface area contributed by atoms with E-state index < -0.39 is 29.8 Å². The van der Waals surface area contributed by atoms with Gasteiger partial charge in [0.2, 0.25) is 0 Å². The van der Waals surface area contributed by atoms with Crippen molar-refractivity contribution < 1.29 is 24.2 Å². The number of carbonyl (C=O) groups excluding carboxylic acids is 1. The summed E-state index contributed by atoms with van der Waals surface area (Å²) in [5.41, 5.74) is -1.84. The molecule has 1 aromatic carbocycles. The summed E-state index contributed by atoms with van der Waals surface area (Å²) in [6.45, 7) is 0.640. The van der Waals surface area contributed by atoms with Gasteiger partial charge in [0.25, 0.3) is 5.91 Å². The van der Waals surface area contributed by atoms with Crippen molar-refractivity contribution in [2.75, 3.05) is 12.8 Å². The second kappa shape index (κ2) is 6.03. The first-order valence-corrected chi connectivity index (χ1v) is 6.58. The largest absolute Gasteiger partial charge is 0.479 e. The molecule has 3 N–H and O–H groups in total. The van der Waals surface area contributed by atoms with Gasteiger partial charge in [-0.25, -0.2) is 9.18 Å². The molecule has 1 rings (SSSR count). The van der Waals surface area contributed by atoms with Crippen LogP contribution in [-0.4, -0.2) is 40.5 Å². The number of carboxylic acid groups (broad SMARTS) is 1. The molecule has 0 fully saturated rings. The zero-order valence-corrected chi connectivity index (χ0v) is 11.3. The highest BCUT2D eigenvalue weighted by atomic mass is 32.2. The Bertz CT molecular complexity index is 505. The lowest BCUT2D eigenvalue weighted by Gasteiger charge is -2.18. The van der Waals surface area contributed by atoms with E-state index in [0.29, 0.717) is 4.90 Å². The van der Waals surface area contributed by atoms with Gasteiger partial charge in [0.15, 0.2) is 5.60 Å². The van der Waals surface area contributed by atoms with Crippen LogP contribution in [0.5, 0.6) is 0 Å². The van der Waals surface area contributed by atoms with Crippen LogP contribution in [0.25, 0.3) is 0 Å². The average Bonchev–Trinajstić information content (AvgIpc) is 2.36. The molecule has 0 radical (unpaired) electrons. The number of nitrogens with one attached hydrogen (secondary N) is 1. The zero-order chi connectivity index (χ0) is 14.6. The summed E-state index contributed by atoms with van der Waals surface area (Å²) in [6, 6.07) is 3.82. The average molecular weight is 287 g/mol. The monoisotopic (exact) mass is 287 g/mol. The highest BCUT2D eigenvalue weighted by Gasteiger charge is 2.30. The van der Waals surface area contributed by atoms with Gasteiger partial charge >= 0.3 is 5.97 Å². The maximum absolute atomic E-state index is 13.2. The quantitative estimate of drug-likeness (QED) is 0.706. The van der Waals surface area contributed by atoms with Crippen molar-refractivity contribution in [3.8, 4) is 0 Å². The van der Waals surface area contributed by atoms with Gasteiger partial charge in [-0.05, 0) is 31.4 Å². The molecule has 5 nitrogen and oxygen atoms in total. The van der Waals surface area contributed by atoms with Crippen LogP contribution in [0.3, 0.4) is 0 Å². The fourth-order valence-corrected chi connectivity index (χ4v) is 1.74. The number of halogens is 1. The van der Waals surface area contributed by atoms with Crippen molar-refractivity contribution in [1.82, 2.24) is 5.32 Å². The molecule has 104 valence electrons. The van der Waals surface area contributed by atoms with Crippen LogP contribution in [-0.2, 0) is 4.79 Å². The van der Waals surface area contributed by atoms with Gasteiger partial charge in [-0.15, -0.1) is 11.8 Å². The Morgan fingerprint density at radius 2 is 2.11 bits per heavy atom. The summed E-state index contributed by atoms with van der Waals surface area (Å²) in [7, 11) is 0. The normalized spacial score (nSPS) is 13.7. The predicted octanol–water partition coefficient (Wildman–Crippen LogP) is 1.11. The first-order valence-electron chi connectivity index (χ1n) is 5.35. The second-order valence-corrected chi connectivity index (χ2v) is 4.96. The molecule has 1 atom stereocenters. The molecule has 0 saturated heterocycles. The highest BCUT2D eigenvalue weighted by molar-refractivity contribution is 7.98. The lowest BCUT2D eigenvalue weighted by Crippen LogP contribution is -2.46. The van der Waals surface area contributed by atoms with E-state index in [1.807, 2.05) is 0 Å². The number of benzene rings is 1. The fraction of sp³-hybridized carbons (Fsp3) is 0.333. The summed E-state index contributed by atoms with van der Waals surface area (Å²) in [5, 5.41) is 20.4. The number of hydrogen-bond acceptors (Lipinski definition) is 4. The first kappa shape index (κ1) is 15.5. The molecule has 19 heavy (non-hydrogen) atoms. The number of carbonyl (C=O) groups is 2. The van der Waals surface area contributed by atoms with Gasteiger partial charge in [-0.3, -0.25) is 4.79 Å². The van der Waals surface area contributed by atoms with Gasteiger partial charge in [-0.1, -0.05) is 0 Å². The van der Waals surface area contributed by atoms with Crippen LogP contribution in [0.15, 0.2) is 23.1 Å². The number of carboxylic acids is 1. The molecule has 0 aliphatic carbocycles. The van der Waals surface area contributed by atoms with Crippen molar-refractivity contribution in [3.05, 3.63) is 29.6 Å². The Kier molecular flexibility index (Phi) is 4.90. The third-order valence-corrected chi connectivity index (χ3v) is 3.22. The second-order valence-electron chi connectivity index (χ2n) is 4.11. The maximum Gasteiger partial charge on any atom is 0.337 e. The van der Waals surface area contributed by atoms with Crippen LogP contribution < -0.4 is 5.32 Å². The third-order valence-electron chi connectivity index (χ3n) is 2.47. The summed E-state index contributed by atoms with van der Waals surface area (Å²) in [5.74, 6) is -2.44. The molecule has 0 aliphatic heterocycles. The minimum absolute atomic E-state index is 0.201. The Balaban J connectivity index is 2.77. The van der Waals surface area contributed by atoms with Crippen molar-refractivity contribution >= 4 is 23.6 Å². The molecule has 7 heteroatoms. The number of hydrogen-bond donors (Lipinski definition) is 3. The molecule has 1 unspecified atom stereocenters. The molecule has 0 spiro atoms. The number of aliphatic carboxylic acids is 1. The predicted molar refractivity (Wildman–Crippen MR) is 68.8 cm³/mol. The van der Waals surface area contributed by atoms with Gasteiger partial charge in [0.1, 0.15) is 5.82 Å². The fourth-order valence-electron chi connectivity index (χ4n) is 1.23. The standard InChI is InChI=1S/C12H14FNO4S/c1-12(18,11(16)17)6-14-10(15)7-3-4-8(13)9(5-7)19-2/h3-5,18H,6H2,1-2H3,(H,14,15)(H,16,17). The minimum atomic E-state index is -2.04. The molecule has 1 amide bonds. The van der Waals surface area contributed by atoms with Gasteiger partial charge in [0.05, 0.1) is 6.54 Å². The third kappa shape index (κ3) is 3.93. The van der Waals surface area contributed by atoms with Crippen LogP contribution in [0.4, 0.5) is 4.39 Å². The van der Waals surface area contributed by atoms with Gasteiger partial charge in [-0.2, -0.15) is 0 Å². The Morgan fingerprint density at radius 1 is 1.47 bits per heavy atom. The van der Waals surface area contributed by atoms with E-state index in [0.717, 1.165) is 24.8 Å². The van der Waals surface area contributed by atoms with E-state index in [1.165, 1.54) is 12.1 Å². The van der Waals surface area contributed by atoms with E-state index in [4.69, 9.17) is 5.11 Å². The lowest BCUT2D eigenvalue weighted by molar-refractivity contribution is -0.155. The number of aliphatic hydroxyl groups is 1. The molecule has 0 aromatic heterocycles. The van der Waals surface area contributed by atoms with Crippen molar-refractivity contribution in [1.29, 1.82) is 0 Å². The van der Waals surface area contributed by atoms with E-state index in [9.17, 15) is 19.1 Å². The summed E-state index contributed by atoms with van der Waals surface area (Å²) in [4.78, 5) is 22.7. The minimum Gasteiger partial charge on any atom is -0.479 e. The van der Waals surface area contributed by atoms with E-state index in [-0.39, 0.29) is 5.56 Å². The Labute approximate surface area is 113 Å². The molecule has 0 bridgehead atoms. The zero-order valence-electron chi connectivity index (χ0n) is 10.4. The maximum atomic E-state index is 13.2. The van der Waals surface area contributed by atoms with E-state index in [1.54, 1.807) is 6.26 Å². The van der Waals surface area contributed by atoms with Crippen molar-refractivity contribution in [3.63, 3.8) is 0 Å². The van der Waals surface area contributed by atoms with E-state index in [2.05, 4.69) is 5.32 Å².